The van der Waals surface area contributed by atoms with Gasteiger partial charge in [0.05, 0.1) is 36.5 Å². The van der Waals surface area contributed by atoms with Crippen molar-refractivity contribution in [2.24, 2.45) is 0 Å². The Bertz CT molecular complexity index is 1820. The zero-order valence-electron chi connectivity index (χ0n) is 29.6. The number of aryl methyl sites for hydroxylation is 2. The molecule has 50 heavy (non-hydrogen) atoms. The standard InChI is InChI=1S/C30H40N7O7PSi.C3H7.Ni/c1-7-22-24(43-45-41-18-8-14-31)25(44-46(5,6)30(2,3)4)28(42-22)36-19-32-23-26(36)33-29-34(16-17-35(29)27(23)38)15-13-20-9-11-21(12-10-20)37(39)40;1-3-2;/h9-12,16-17,19,22,24-25,28,45H,7-8,13,15,18H2,1-6H3;1,3H2,2H3;/q;-1;/t22-,24-,25-,28-;;/m1../s1. The first kappa shape index (κ1) is 41.4. The monoisotopic (exact) mass is 770 g/mol. The van der Waals surface area contributed by atoms with Crippen LogP contribution in [-0.4, -0.2) is 61.7 Å². The van der Waals surface area contributed by atoms with E-state index in [-0.39, 0.29) is 66.5 Å². The number of hydrogen-bond acceptors (Lipinski definition) is 10. The van der Waals surface area contributed by atoms with Crippen LogP contribution < -0.4 is 5.56 Å². The minimum absolute atomic E-state index is 0. The van der Waals surface area contributed by atoms with Crippen LogP contribution in [0.25, 0.3) is 16.9 Å². The van der Waals surface area contributed by atoms with Gasteiger partial charge in [-0.1, -0.05) is 46.8 Å². The van der Waals surface area contributed by atoms with Crippen molar-refractivity contribution in [3.05, 3.63) is 75.9 Å². The number of nitriles is 1. The number of fused-ring (bicyclic) bond motifs is 2. The molecule has 1 aromatic carbocycles. The number of hydrogen-bond donors (Lipinski definition) is 0. The predicted molar refractivity (Wildman–Crippen MR) is 191 cm³/mol. The van der Waals surface area contributed by atoms with Crippen molar-refractivity contribution in [1.29, 1.82) is 5.26 Å². The van der Waals surface area contributed by atoms with Crippen LogP contribution in [0.5, 0.6) is 0 Å². The zero-order chi connectivity index (χ0) is 35.9. The molecule has 1 unspecified atom stereocenters. The van der Waals surface area contributed by atoms with Crippen molar-refractivity contribution in [3.63, 3.8) is 0 Å². The summed E-state index contributed by atoms with van der Waals surface area (Å²) in [6.07, 6.45) is 5.55. The molecule has 0 saturated carbocycles. The van der Waals surface area contributed by atoms with E-state index in [1.165, 1.54) is 16.5 Å². The van der Waals surface area contributed by atoms with Crippen molar-refractivity contribution >= 4 is 40.0 Å². The van der Waals surface area contributed by atoms with Crippen LogP contribution in [0.15, 0.2) is 47.8 Å². The van der Waals surface area contributed by atoms with Gasteiger partial charge >= 0.3 is 0 Å². The summed E-state index contributed by atoms with van der Waals surface area (Å²) in [5, 5.41) is 19.8. The van der Waals surface area contributed by atoms with E-state index in [9.17, 15) is 14.9 Å². The molecular weight excluding hydrogens is 724 g/mol. The van der Waals surface area contributed by atoms with Crippen LogP contribution in [0.1, 0.15) is 65.7 Å². The Morgan fingerprint density at radius 1 is 1.18 bits per heavy atom. The molecule has 0 N–H and O–H groups in total. The van der Waals surface area contributed by atoms with Crippen molar-refractivity contribution in [1.82, 2.24) is 23.5 Å². The molecule has 5 rings (SSSR count). The van der Waals surface area contributed by atoms with E-state index >= 15 is 0 Å². The number of benzene rings is 1. The third kappa shape index (κ3) is 9.25. The summed E-state index contributed by atoms with van der Waals surface area (Å²) in [5.74, 6) is 0.438. The minimum atomic E-state index is -2.34. The van der Waals surface area contributed by atoms with E-state index in [1.54, 1.807) is 35.4 Å². The first-order valence-corrected chi connectivity index (χ1v) is 20.2. The molecule has 5 atom stereocenters. The number of aromatic nitrogens is 5. The number of rotatable bonds is 13. The molecule has 4 aromatic rings. The summed E-state index contributed by atoms with van der Waals surface area (Å²) < 4.78 is 30.6. The molecule has 3 aromatic heterocycles. The Hall–Kier alpha value is -3.02. The maximum atomic E-state index is 13.6. The second kappa shape index (κ2) is 18.0. The van der Waals surface area contributed by atoms with Crippen molar-refractivity contribution in [3.8, 4) is 6.07 Å². The quantitative estimate of drug-likeness (QED) is 0.0355. The van der Waals surface area contributed by atoms with Gasteiger partial charge in [-0.15, -0.1) is 0 Å². The van der Waals surface area contributed by atoms with Crippen molar-refractivity contribution in [2.75, 3.05) is 6.61 Å². The zero-order valence-corrected chi connectivity index (χ0v) is 32.6. The van der Waals surface area contributed by atoms with Crippen LogP contribution in [0.2, 0.25) is 18.1 Å². The van der Waals surface area contributed by atoms with Crippen LogP contribution in [-0.2, 0) is 47.7 Å². The molecule has 0 spiro atoms. The van der Waals surface area contributed by atoms with Crippen LogP contribution in [0, 0.1) is 28.4 Å². The van der Waals surface area contributed by atoms with Gasteiger partial charge < -0.3 is 29.7 Å². The summed E-state index contributed by atoms with van der Waals surface area (Å²) in [6.45, 7) is 19.1. The predicted octanol–water partition coefficient (Wildman–Crippen LogP) is 6.75. The van der Waals surface area contributed by atoms with Gasteiger partial charge in [-0.2, -0.15) is 16.7 Å². The third-order valence-electron chi connectivity index (χ3n) is 8.81. The van der Waals surface area contributed by atoms with Crippen LogP contribution in [0.4, 0.5) is 5.69 Å². The fourth-order valence-electron chi connectivity index (χ4n) is 5.19. The Labute approximate surface area is 305 Å². The fourth-order valence-corrected chi connectivity index (χ4v) is 7.12. The van der Waals surface area contributed by atoms with Crippen molar-refractivity contribution < 1.29 is 39.6 Å². The van der Waals surface area contributed by atoms with E-state index in [0.717, 1.165) is 12.0 Å². The number of imidazole rings is 2. The van der Waals surface area contributed by atoms with E-state index in [4.69, 9.17) is 28.5 Å². The maximum Gasteiger partial charge on any atom is 0.287 e. The normalized spacial score (nSPS) is 19.4. The Kier molecular flexibility index (Phi) is 14.9. The van der Waals surface area contributed by atoms with Gasteiger partial charge in [-0.25, -0.2) is 9.38 Å². The summed E-state index contributed by atoms with van der Waals surface area (Å²) in [7, 11) is -2.64. The summed E-state index contributed by atoms with van der Waals surface area (Å²) >= 11 is 0. The molecular formula is C33H47N7NiO7PSi-. The van der Waals surface area contributed by atoms with Crippen molar-refractivity contribution in [2.45, 2.75) is 110 Å². The molecule has 0 bridgehead atoms. The molecule has 276 valence electrons. The summed E-state index contributed by atoms with van der Waals surface area (Å²) in [6, 6.07) is 8.50. The van der Waals surface area contributed by atoms with E-state index in [0.29, 0.717) is 30.8 Å². The second-order valence-corrected chi connectivity index (χ2v) is 18.8. The first-order valence-electron chi connectivity index (χ1n) is 16.5. The van der Waals surface area contributed by atoms with Gasteiger partial charge in [-0.05, 0) is 36.5 Å². The molecule has 1 aliphatic heterocycles. The van der Waals surface area contributed by atoms with Gasteiger partial charge in [0.2, 0.25) is 5.78 Å². The van der Waals surface area contributed by atoms with E-state index in [2.05, 4.69) is 51.8 Å². The van der Waals surface area contributed by atoms with Gasteiger partial charge in [0.15, 0.2) is 34.7 Å². The van der Waals surface area contributed by atoms with Gasteiger partial charge in [0.1, 0.15) is 12.2 Å². The maximum absolute atomic E-state index is 13.6. The van der Waals surface area contributed by atoms with Gasteiger partial charge in [0.25, 0.3) is 11.2 Å². The molecule has 1 fully saturated rings. The largest absolute Gasteiger partial charge is 0.407 e. The topological polar surface area (TPSA) is 161 Å². The average molecular weight is 772 g/mol. The molecule has 4 heterocycles. The first-order chi connectivity index (χ1) is 23.3. The molecule has 0 radical (unpaired) electrons. The molecule has 14 nitrogen and oxygen atoms in total. The molecule has 17 heteroatoms. The smallest absolute Gasteiger partial charge is 0.287 e. The number of nitrogens with zero attached hydrogens (tertiary/aromatic N) is 7. The van der Waals surface area contributed by atoms with Crippen LogP contribution >= 0.6 is 9.03 Å². The molecule has 1 aliphatic rings. The number of nitro groups is 1. The average Bonchev–Trinajstić information content (AvgIpc) is 3.75. The number of nitro benzene ring substituents is 1. The van der Waals surface area contributed by atoms with E-state index < -0.39 is 31.7 Å². The minimum Gasteiger partial charge on any atom is -0.407 e. The Morgan fingerprint density at radius 2 is 1.86 bits per heavy atom. The number of non-ortho nitro benzene ring substituents is 1. The van der Waals surface area contributed by atoms with Crippen LogP contribution in [0.3, 0.4) is 0 Å². The van der Waals surface area contributed by atoms with E-state index in [1.807, 2.05) is 18.4 Å². The second-order valence-electron chi connectivity index (χ2n) is 13.3. The SMILES string of the molecule is CC[C@H]1O[C@@H](n2cnc3c(=O)n4ccn(CCc5ccc([N+](=O)[O-])cc5)c4nc32)[C@H](O[Si](C)(C)C(C)(C)C)[C@@H]1OPOCCC#N.[CH2-]CC.[Ni]. The Morgan fingerprint density at radius 3 is 2.46 bits per heavy atom. The third-order valence-corrected chi connectivity index (χ3v) is 14.0. The molecule has 1 saturated heterocycles. The summed E-state index contributed by atoms with van der Waals surface area (Å²) in [4.78, 5) is 33.6. The molecule has 0 amide bonds. The number of ether oxygens (including phenoxy) is 1. The Balaban J connectivity index is 0.00000163. The van der Waals surface area contributed by atoms with Gasteiger partial charge in [-0.3, -0.25) is 19.5 Å². The molecule has 0 aliphatic carbocycles. The summed E-state index contributed by atoms with van der Waals surface area (Å²) in [5.41, 5.74) is 1.23. The fraction of sp³-hybridized carbons (Fsp3) is 0.545. The van der Waals surface area contributed by atoms with Gasteiger partial charge in [0, 0.05) is 47.6 Å².